The molecule has 0 saturated carbocycles. The van der Waals surface area contributed by atoms with Crippen molar-refractivity contribution in [3.8, 4) is 0 Å². The number of amides is 1. The molecule has 18 heavy (non-hydrogen) atoms. The van der Waals surface area contributed by atoms with Gasteiger partial charge in [-0.05, 0) is 37.4 Å². The minimum absolute atomic E-state index is 0.106. The Morgan fingerprint density at radius 2 is 2.28 bits per heavy atom. The van der Waals surface area contributed by atoms with Gasteiger partial charge in [-0.3, -0.25) is 4.79 Å². The van der Waals surface area contributed by atoms with Gasteiger partial charge in [0.05, 0.1) is 6.54 Å². The summed E-state index contributed by atoms with van der Waals surface area (Å²) in [5.74, 6) is 0.986. The van der Waals surface area contributed by atoms with E-state index in [1.807, 2.05) is 12.3 Å². The van der Waals surface area contributed by atoms with Gasteiger partial charge >= 0.3 is 0 Å². The number of carbonyl (C=O) groups excluding carboxylic acids is 1. The van der Waals surface area contributed by atoms with Crippen LogP contribution in [0.4, 0.5) is 0 Å². The molecular formula is C13H15NO3S. The Morgan fingerprint density at radius 1 is 1.50 bits per heavy atom. The fourth-order valence-electron chi connectivity index (χ4n) is 1.56. The number of nitrogens with one attached hydrogen (secondary N) is 1. The summed E-state index contributed by atoms with van der Waals surface area (Å²) in [7, 11) is 0. The standard InChI is InChI=1S/C13H15NO3S/c1-9-3-4-11(17-9)13(2,16)8-14-12(15)10-5-6-18-7-10/h3-7,16H,8H2,1-2H3,(H,14,15). The Kier molecular flexibility index (Phi) is 3.54. The predicted molar refractivity (Wildman–Crippen MR) is 69.7 cm³/mol. The number of thiophene rings is 1. The van der Waals surface area contributed by atoms with Crippen LogP contribution in [-0.4, -0.2) is 17.6 Å². The molecule has 1 atom stereocenters. The summed E-state index contributed by atoms with van der Waals surface area (Å²) < 4.78 is 5.37. The summed E-state index contributed by atoms with van der Waals surface area (Å²) in [6, 6.07) is 5.24. The normalized spacial score (nSPS) is 14.2. The fourth-order valence-corrected chi connectivity index (χ4v) is 2.20. The molecule has 0 aromatic carbocycles. The number of furan rings is 1. The molecule has 1 unspecified atom stereocenters. The lowest BCUT2D eigenvalue weighted by Crippen LogP contribution is -2.38. The zero-order valence-electron chi connectivity index (χ0n) is 10.3. The second-order valence-electron chi connectivity index (χ2n) is 4.38. The first-order valence-corrected chi connectivity index (χ1v) is 6.53. The molecule has 0 aliphatic carbocycles. The molecule has 2 rings (SSSR count). The first-order chi connectivity index (χ1) is 8.49. The van der Waals surface area contributed by atoms with Gasteiger partial charge in [-0.1, -0.05) is 0 Å². The van der Waals surface area contributed by atoms with E-state index in [-0.39, 0.29) is 12.5 Å². The summed E-state index contributed by atoms with van der Waals surface area (Å²) in [4.78, 5) is 11.7. The topological polar surface area (TPSA) is 62.5 Å². The van der Waals surface area contributed by atoms with E-state index in [9.17, 15) is 9.90 Å². The summed E-state index contributed by atoms with van der Waals surface area (Å²) >= 11 is 1.46. The van der Waals surface area contributed by atoms with Crippen LogP contribution in [0, 0.1) is 6.92 Å². The molecule has 4 nitrogen and oxygen atoms in total. The van der Waals surface area contributed by atoms with E-state index in [0.29, 0.717) is 11.3 Å². The maximum atomic E-state index is 11.7. The summed E-state index contributed by atoms with van der Waals surface area (Å²) in [5.41, 5.74) is -0.605. The summed E-state index contributed by atoms with van der Waals surface area (Å²) in [6.07, 6.45) is 0. The first kappa shape index (κ1) is 12.9. The molecule has 0 saturated heterocycles. The molecule has 96 valence electrons. The van der Waals surface area contributed by atoms with Crippen LogP contribution < -0.4 is 5.32 Å². The van der Waals surface area contributed by atoms with Crippen molar-refractivity contribution in [1.82, 2.24) is 5.32 Å². The van der Waals surface area contributed by atoms with Gasteiger partial charge in [0.2, 0.25) is 0 Å². The maximum absolute atomic E-state index is 11.7. The summed E-state index contributed by atoms with van der Waals surface area (Å²) in [6.45, 7) is 3.53. The van der Waals surface area contributed by atoms with E-state index < -0.39 is 5.60 Å². The maximum Gasteiger partial charge on any atom is 0.252 e. The van der Waals surface area contributed by atoms with Crippen LogP contribution in [0.5, 0.6) is 0 Å². The predicted octanol–water partition coefficient (Wildman–Crippen LogP) is 2.29. The van der Waals surface area contributed by atoms with Gasteiger partial charge in [0.1, 0.15) is 17.1 Å². The number of aryl methyl sites for hydroxylation is 1. The van der Waals surface area contributed by atoms with Crippen molar-refractivity contribution in [3.05, 3.63) is 46.0 Å². The highest BCUT2D eigenvalue weighted by molar-refractivity contribution is 7.08. The van der Waals surface area contributed by atoms with E-state index in [1.54, 1.807) is 30.5 Å². The van der Waals surface area contributed by atoms with Crippen LogP contribution in [-0.2, 0) is 5.60 Å². The minimum atomic E-state index is -1.21. The molecule has 2 heterocycles. The molecule has 5 heteroatoms. The molecule has 1 amide bonds. The van der Waals surface area contributed by atoms with Gasteiger partial charge < -0.3 is 14.8 Å². The van der Waals surface area contributed by atoms with Gasteiger partial charge in [0.25, 0.3) is 5.91 Å². The largest absolute Gasteiger partial charge is 0.463 e. The Labute approximate surface area is 109 Å². The van der Waals surface area contributed by atoms with Crippen LogP contribution in [0.15, 0.2) is 33.4 Å². The first-order valence-electron chi connectivity index (χ1n) is 5.59. The number of carbonyl (C=O) groups is 1. The minimum Gasteiger partial charge on any atom is -0.463 e. The molecule has 2 aromatic rings. The molecule has 0 spiro atoms. The van der Waals surface area contributed by atoms with E-state index in [2.05, 4.69) is 5.32 Å². The quantitative estimate of drug-likeness (QED) is 0.891. The molecule has 0 bridgehead atoms. The van der Waals surface area contributed by atoms with Crippen LogP contribution >= 0.6 is 11.3 Å². The Morgan fingerprint density at radius 3 is 2.83 bits per heavy atom. The van der Waals surface area contributed by atoms with Gasteiger partial charge in [0, 0.05) is 10.9 Å². The lowest BCUT2D eigenvalue weighted by Gasteiger charge is -2.21. The van der Waals surface area contributed by atoms with E-state index >= 15 is 0 Å². The molecule has 2 N–H and O–H groups in total. The Bertz CT molecular complexity index is 528. The van der Waals surface area contributed by atoms with Crippen molar-refractivity contribution >= 4 is 17.2 Å². The molecule has 0 fully saturated rings. The Hall–Kier alpha value is -1.59. The monoisotopic (exact) mass is 265 g/mol. The average molecular weight is 265 g/mol. The molecule has 2 aromatic heterocycles. The third-order valence-electron chi connectivity index (χ3n) is 2.65. The highest BCUT2D eigenvalue weighted by Crippen LogP contribution is 2.22. The molecule has 0 aliphatic rings. The van der Waals surface area contributed by atoms with E-state index in [0.717, 1.165) is 5.76 Å². The van der Waals surface area contributed by atoms with Crippen molar-refractivity contribution < 1.29 is 14.3 Å². The van der Waals surface area contributed by atoms with Crippen LogP contribution in [0.25, 0.3) is 0 Å². The summed E-state index contributed by atoms with van der Waals surface area (Å²) in [5, 5.41) is 16.5. The lowest BCUT2D eigenvalue weighted by molar-refractivity contribution is 0.0323. The van der Waals surface area contributed by atoms with Crippen LogP contribution in [0.3, 0.4) is 0 Å². The zero-order chi connectivity index (χ0) is 13.2. The fraction of sp³-hybridized carbons (Fsp3) is 0.308. The van der Waals surface area contributed by atoms with Crippen molar-refractivity contribution in [3.63, 3.8) is 0 Å². The van der Waals surface area contributed by atoms with E-state index in [4.69, 9.17) is 4.42 Å². The van der Waals surface area contributed by atoms with Gasteiger partial charge in [-0.15, -0.1) is 0 Å². The highest BCUT2D eigenvalue weighted by atomic mass is 32.1. The average Bonchev–Trinajstić information content (AvgIpc) is 2.96. The van der Waals surface area contributed by atoms with Gasteiger partial charge in [0.15, 0.2) is 0 Å². The third-order valence-corrected chi connectivity index (χ3v) is 3.33. The van der Waals surface area contributed by atoms with Crippen molar-refractivity contribution in [2.75, 3.05) is 6.54 Å². The second-order valence-corrected chi connectivity index (χ2v) is 5.16. The highest BCUT2D eigenvalue weighted by Gasteiger charge is 2.27. The number of hydrogen-bond donors (Lipinski definition) is 2. The second kappa shape index (κ2) is 4.96. The lowest BCUT2D eigenvalue weighted by atomic mass is 10.0. The van der Waals surface area contributed by atoms with Crippen LogP contribution in [0.1, 0.15) is 28.8 Å². The number of hydrogen-bond acceptors (Lipinski definition) is 4. The zero-order valence-corrected chi connectivity index (χ0v) is 11.1. The van der Waals surface area contributed by atoms with Crippen molar-refractivity contribution in [2.24, 2.45) is 0 Å². The SMILES string of the molecule is Cc1ccc(C(C)(O)CNC(=O)c2ccsc2)o1. The van der Waals surface area contributed by atoms with Gasteiger partial charge in [-0.25, -0.2) is 0 Å². The number of aliphatic hydroxyl groups is 1. The van der Waals surface area contributed by atoms with Crippen molar-refractivity contribution in [2.45, 2.75) is 19.4 Å². The smallest absolute Gasteiger partial charge is 0.252 e. The molecule has 0 aliphatic heterocycles. The molecular weight excluding hydrogens is 250 g/mol. The van der Waals surface area contributed by atoms with E-state index in [1.165, 1.54) is 11.3 Å². The Balaban J connectivity index is 1.99. The van der Waals surface area contributed by atoms with Gasteiger partial charge in [-0.2, -0.15) is 11.3 Å². The third kappa shape index (κ3) is 2.80. The molecule has 0 radical (unpaired) electrons. The van der Waals surface area contributed by atoms with Crippen LogP contribution in [0.2, 0.25) is 0 Å². The number of rotatable bonds is 4. The van der Waals surface area contributed by atoms with Crippen molar-refractivity contribution in [1.29, 1.82) is 0 Å².